The normalized spacial score (nSPS) is 14.0. The molecule has 0 saturated carbocycles. The molecule has 2 N–H and O–H groups in total. The maximum Gasteiger partial charge on any atom is 0.289 e. The van der Waals surface area contributed by atoms with Crippen molar-refractivity contribution in [2.24, 2.45) is 0 Å². The van der Waals surface area contributed by atoms with Crippen molar-refractivity contribution in [1.82, 2.24) is 9.88 Å². The van der Waals surface area contributed by atoms with Crippen LogP contribution in [0.1, 0.15) is 21.7 Å². The van der Waals surface area contributed by atoms with E-state index in [0.29, 0.717) is 31.0 Å². The number of piperazine rings is 1. The Morgan fingerprint density at radius 1 is 1.03 bits per heavy atom. The van der Waals surface area contributed by atoms with Gasteiger partial charge in [0.1, 0.15) is 0 Å². The molecule has 1 amide bonds. The summed E-state index contributed by atoms with van der Waals surface area (Å²) in [6, 6.07) is 19.6. The molecule has 5 rings (SSSR count). The molecule has 1 fully saturated rings. The van der Waals surface area contributed by atoms with Crippen molar-refractivity contribution in [1.29, 1.82) is 0 Å². The zero-order chi connectivity index (χ0) is 22.8. The van der Waals surface area contributed by atoms with Gasteiger partial charge in [0, 0.05) is 49.7 Å². The number of benzene rings is 2. The van der Waals surface area contributed by atoms with Gasteiger partial charge in [-0.15, -0.1) is 0 Å². The summed E-state index contributed by atoms with van der Waals surface area (Å²) in [5.41, 5.74) is 4.66. The fourth-order valence-corrected chi connectivity index (χ4v) is 4.27. The lowest BCUT2D eigenvalue weighted by Gasteiger charge is -2.35. The van der Waals surface area contributed by atoms with E-state index in [-0.39, 0.29) is 11.5 Å². The summed E-state index contributed by atoms with van der Waals surface area (Å²) in [4.78, 5) is 32.0. The fraction of sp³-hybridized carbons (Fsp3) is 0.231. The molecule has 0 atom stereocenters. The van der Waals surface area contributed by atoms with Gasteiger partial charge in [-0.25, -0.2) is 0 Å². The minimum absolute atomic E-state index is 0.0574. The minimum atomic E-state index is -0.0668. The van der Waals surface area contributed by atoms with Crippen molar-refractivity contribution < 1.29 is 9.21 Å². The molecule has 168 valence electrons. The Morgan fingerprint density at radius 3 is 2.55 bits per heavy atom. The molecule has 1 saturated heterocycles. The van der Waals surface area contributed by atoms with E-state index in [1.54, 1.807) is 12.1 Å². The summed E-state index contributed by atoms with van der Waals surface area (Å²) in [6.45, 7) is 5.30. The molecule has 0 bridgehead atoms. The van der Waals surface area contributed by atoms with Crippen LogP contribution >= 0.6 is 0 Å². The van der Waals surface area contributed by atoms with Crippen LogP contribution in [0.4, 0.5) is 11.4 Å². The minimum Gasteiger partial charge on any atom is -0.459 e. The topological polar surface area (TPSA) is 81.6 Å². The van der Waals surface area contributed by atoms with Crippen LogP contribution in [0, 0.1) is 6.92 Å². The van der Waals surface area contributed by atoms with Gasteiger partial charge in [0.25, 0.3) is 11.5 Å². The van der Waals surface area contributed by atoms with Gasteiger partial charge in [-0.3, -0.25) is 9.59 Å². The Kier molecular flexibility index (Phi) is 5.60. The highest BCUT2D eigenvalue weighted by Crippen LogP contribution is 2.21. The van der Waals surface area contributed by atoms with E-state index < -0.39 is 0 Å². The molecule has 7 heteroatoms. The van der Waals surface area contributed by atoms with E-state index in [2.05, 4.69) is 27.3 Å². The average Bonchev–Trinajstić information content (AvgIpc) is 3.39. The highest BCUT2D eigenvalue weighted by molar-refractivity contribution is 5.91. The Hall–Kier alpha value is -4.00. The van der Waals surface area contributed by atoms with E-state index in [1.807, 2.05) is 48.2 Å². The standard InChI is InChI=1S/C26H26N4O3/c1-18-4-2-5-19-16-20(25(31)28-24(18)19)17-27-21-7-9-22(10-8-21)29-11-13-30(14-12-29)26(32)23-6-3-15-33-23/h2-10,15-16,27H,11-14,17H2,1H3,(H,28,31). The third kappa shape index (κ3) is 4.35. The summed E-state index contributed by atoms with van der Waals surface area (Å²) in [7, 11) is 0. The Balaban J connectivity index is 1.19. The van der Waals surface area contributed by atoms with Crippen LogP contribution in [0.15, 0.2) is 76.1 Å². The van der Waals surface area contributed by atoms with Gasteiger partial charge in [-0.05, 0) is 60.3 Å². The van der Waals surface area contributed by atoms with Crippen molar-refractivity contribution in [3.8, 4) is 0 Å². The number of carbonyl (C=O) groups excluding carboxylic acids is 1. The van der Waals surface area contributed by atoms with Gasteiger partial charge >= 0.3 is 0 Å². The first-order valence-electron chi connectivity index (χ1n) is 11.1. The molecule has 0 unspecified atom stereocenters. The number of anilines is 2. The summed E-state index contributed by atoms with van der Waals surface area (Å²) in [5, 5.41) is 4.38. The average molecular weight is 443 g/mol. The van der Waals surface area contributed by atoms with Gasteiger partial charge in [0.2, 0.25) is 0 Å². The number of carbonyl (C=O) groups is 1. The first-order valence-corrected chi connectivity index (χ1v) is 11.1. The second kappa shape index (κ2) is 8.86. The van der Waals surface area contributed by atoms with Gasteiger partial charge in [0.15, 0.2) is 5.76 Å². The Bertz CT molecular complexity index is 1320. The Morgan fingerprint density at radius 2 is 1.82 bits per heavy atom. The number of furan rings is 1. The molecule has 7 nitrogen and oxygen atoms in total. The molecule has 33 heavy (non-hydrogen) atoms. The van der Waals surface area contributed by atoms with Gasteiger partial charge < -0.3 is 24.5 Å². The number of rotatable bonds is 5. The zero-order valence-corrected chi connectivity index (χ0v) is 18.5. The molecular formula is C26H26N4O3. The number of para-hydroxylation sites is 1. The lowest BCUT2D eigenvalue weighted by Crippen LogP contribution is -2.48. The van der Waals surface area contributed by atoms with Crippen LogP contribution in [0.5, 0.6) is 0 Å². The summed E-state index contributed by atoms with van der Waals surface area (Å²) < 4.78 is 5.23. The zero-order valence-electron chi connectivity index (χ0n) is 18.5. The van der Waals surface area contributed by atoms with Crippen LogP contribution < -0.4 is 15.8 Å². The quantitative estimate of drug-likeness (QED) is 0.488. The molecule has 1 aliphatic heterocycles. The van der Waals surface area contributed by atoms with Crippen LogP contribution in [-0.4, -0.2) is 42.0 Å². The second-order valence-electron chi connectivity index (χ2n) is 8.32. The third-order valence-electron chi connectivity index (χ3n) is 6.18. The second-order valence-corrected chi connectivity index (χ2v) is 8.32. The number of hydrogen-bond acceptors (Lipinski definition) is 5. The monoisotopic (exact) mass is 442 g/mol. The molecule has 0 spiro atoms. The number of aryl methyl sites for hydroxylation is 1. The first-order chi connectivity index (χ1) is 16.1. The van der Waals surface area contributed by atoms with Crippen LogP contribution in [0.2, 0.25) is 0 Å². The van der Waals surface area contributed by atoms with Crippen LogP contribution in [-0.2, 0) is 6.54 Å². The molecule has 2 aromatic heterocycles. The smallest absolute Gasteiger partial charge is 0.289 e. The Labute approximate surface area is 191 Å². The van der Waals surface area contributed by atoms with Gasteiger partial charge in [-0.1, -0.05) is 18.2 Å². The maximum absolute atomic E-state index is 12.5. The molecule has 0 aliphatic carbocycles. The molecule has 4 aromatic rings. The van der Waals surface area contributed by atoms with Crippen molar-refractivity contribution in [3.05, 3.63) is 94.2 Å². The predicted octanol–water partition coefficient (Wildman–Crippen LogP) is 4.00. The van der Waals surface area contributed by atoms with Crippen molar-refractivity contribution in [2.75, 3.05) is 36.4 Å². The number of nitrogens with zero attached hydrogens (tertiary/aromatic N) is 2. The number of pyridine rings is 1. The molecule has 2 aromatic carbocycles. The van der Waals surface area contributed by atoms with Crippen molar-refractivity contribution in [3.63, 3.8) is 0 Å². The van der Waals surface area contributed by atoms with Crippen molar-refractivity contribution >= 4 is 28.2 Å². The van der Waals surface area contributed by atoms with E-state index in [4.69, 9.17) is 4.42 Å². The van der Waals surface area contributed by atoms with Crippen molar-refractivity contribution in [2.45, 2.75) is 13.5 Å². The lowest BCUT2D eigenvalue weighted by molar-refractivity contribution is 0.0714. The van der Waals surface area contributed by atoms with E-state index in [1.165, 1.54) is 6.26 Å². The summed E-state index contributed by atoms with van der Waals surface area (Å²) >= 11 is 0. The number of aromatic nitrogens is 1. The summed E-state index contributed by atoms with van der Waals surface area (Å²) in [6.07, 6.45) is 1.52. The number of nitrogens with one attached hydrogen (secondary N) is 2. The largest absolute Gasteiger partial charge is 0.459 e. The maximum atomic E-state index is 12.5. The predicted molar refractivity (Wildman–Crippen MR) is 130 cm³/mol. The number of aromatic amines is 1. The van der Waals surface area contributed by atoms with Crippen LogP contribution in [0.3, 0.4) is 0 Å². The first kappa shape index (κ1) is 20.9. The third-order valence-corrected chi connectivity index (χ3v) is 6.18. The highest BCUT2D eigenvalue weighted by Gasteiger charge is 2.23. The number of H-pyrrole nitrogens is 1. The SMILES string of the molecule is Cc1cccc2cc(CNc3ccc(N4CCN(C(=O)c5ccco5)CC4)cc3)c(=O)[nH]c12. The molecule has 3 heterocycles. The molecular weight excluding hydrogens is 416 g/mol. The molecule has 1 aliphatic rings. The summed E-state index contributed by atoms with van der Waals surface area (Å²) in [5.74, 6) is 0.331. The van der Waals surface area contributed by atoms with E-state index >= 15 is 0 Å². The van der Waals surface area contributed by atoms with Crippen LogP contribution in [0.25, 0.3) is 10.9 Å². The fourth-order valence-electron chi connectivity index (χ4n) is 4.27. The van der Waals surface area contributed by atoms with Gasteiger partial charge in [0.05, 0.1) is 11.8 Å². The van der Waals surface area contributed by atoms with Gasteiger partial charge in [-0.2, -0.15) is 0 Å². The lowest BCUT2D eigenvalue weighted by atomic mass is 10.1. The molecule has 0 radical (unpaired) electrons. The number of hydrogen-bond donors (Lipinski definition) is 2. The van der Waals surface area contributed by atoms with E-state index in [9.17, 15) is 9.59 Å². The highest BCUT2D eigenvalue weighted by atomic mass is 16.3. The number of amides is 1. The van der Waals surface area contributed by atoms with E-state index in [0.717, 1.165) is 40.9 Å². The number of fused-ring (bicyclic) bond motifs is 1.